The SMILES string of the molecule is CC[C@]1(C(=O)CNC(=O)[C@H](Cc2ccccc2)NC(=O)CNC(=O)CNN2CCSCC2)CO1. The third kappa shape index (κ3) is 8.08. The highest BCUT2D eigenvalue weighted by atomic mass is 32.2. The zero-order valence-electron chi connectivity index (χ0n) is 19.4. The Morgan fingerprint density at radius 3 is 2.38 bits per heavy atom. The van der Waals surface area contributed by atoms with Gasteiger partial charge in [-0.25, -0.2) is 10.4 Å². The van der Waals surface area contributed by atoms with Gasteiger partial charge in [0.1, 0.15) is 6.04 Å². The summed E-state index contributed by atoms with van der Waals surface area (Å²) in [4.78, 5) is 49.7. The molecule has 0 spiro atoms. The van der Waals surface area contributed by atoms with E-state index in [4.69, 9.17) is 4.74 Å². The molecule has 0 unspecified atom stereocenters. The molecule has 11 heteroatoms. The lowest BCUT2D eigenvalue weighted by Gasteiger charge is -2.26. The van der Waals surface area contributed by atoms with Crippen LogP contribution in [0.1, 0.15) is 18.9 Å². The van der Waals surface area contributed by atoms with Crippen LogP contribution < -0.4 is 21.4 Å². The minimum absolute atomic E-state index is 0.0786. The van der Waals surface area contributed by atoms with E-state index in [1.807, 2.05) is 54.0 Å². The van der Waals surface area contributed by atoms with Crippen molar-refractivity contribution in [3.63, 3.8) is 0 Å². The molecule has 186 valence electrons. The van der Waals surface area contributed by atoms with E-state index in [9.17, 15) is 19.2 Å². The second kappa shape index (κ2) is 12.8. The maximum absolute atomic E-state index is 12.8. The molecule has 3 rings (SSSR count). The molecular weight excluding hydrogens is 458 g/mol. The Balaban J connectivity index is 1.47. The molecule has 2 heterocycles. The Morgan fingerprint density at radius 1 is 1.03 bits per heavy atom. The lowest BCUT2D eigenvalue weighted by atomic mass is 10.0. The normalized spacial score (nSPS) is 20.7. The van der Waals surface area contributed by atoms with Crippen LogP contribution in [0.15, 0.2) is 30.3 Å². The van der Waals surface area contributed by atoms with Crippen LogP contribution in [0.4, 0.5) is 0 Å². The lowest BCUT2D eigenvalue weighted by Crippen LogP contribution is -2.53. The van der Waals surface area contributed by atoms with Gasteiger partial charge in [0.2, 0.25) is 17.7 Å². The van der Waals surface area contributed by atoms with Gasteiger partial charge in [-0.05, 0) is 12.0 Å². The fraction of sp³-hybridized carbons (Fsp3) is 0.565. The molecule has 0 aliphatic carbocycles. The van der Waals surface area contributed by atoms with E-state index < -0.39 is 23.5 Å². The highest BCUT2D eigenvalue weighted by molar-refractivity contribution is 7.99. The number of hydrazine groups is 1. The molecule has 0 saturated carbocycles. The van der Waals surface area contributed by atoms with Crippen molar-refractivity contribution in [3.8, 4) is 0 Å². The van der Waals surface area contributed by atoms with Crippen molar-refractivity contribution in [1.29, 1.82) is 0 Å². The molecule has 10 nitrogen and oxygen atoms in total. The van der Waals surface area contributed by atoms with Gasteiger partial charge in [-0.1, -0.05) is 37.3 Å². The Hall–Kier alpha value is -2.47. The summed E-state index contributed by atoms with van der Waals surface area (Å²) in [5.74, 6) is 0.589. The topological polar surface area (TPSA) is 132 Å². The summed E-state index contributed by atoms with van der Waals surface area (Å²) in [7, 11) is 0. The number of benzene rings is 1. The third-order valence-electron chi connectivity index (χ3n) is 5.85. The minimum Gasteiger partial charge on any atom is -0.361 e. The highest BCUT2D eigenvalue weighted by Crippen LogP contribution is 2.31. The summed E-state index contributed by atoms with van der Waals surface area (Å²) < 4.78 is 5.25. The molecule has 0 radical (unpaired) electrons. The van der Waals surface area contributed by atoms with Crippen molar-refractivity contribution in [2.75, 3.05) is 50.8 Å². The van der Waals surface area contributed by atoms with E-state index in [2.05, 4.69) is 21.4 Å². The number of rotatable bonds is 13. The molecule has 0 bridgehead atoms. The average Bonchev–Trinajstić information content (AvgIpc) is 3.67. The number of nitrogens with one attached hydrogen (secondary N) is 4. The number of hydrogen-bond donors (Lipinski definition) is 4. The van der Waals surface area contributed by atoms with Gasteiger partial charge < -0.3 is 20.7 Å². The number of thioether (sulfide) groups is 1. The van der Waals surface area contributed by atoms with Crippen molar-refractivity contribution in [1.82, 2.24) is 26.4 Å². The van der Waals surface area contributed by atoms with Gasteiger partial charge >= 0.3 is 0 Å². The van der Waals surface area contributed by atoms with Crippen LogP contribution in [0.25, 0.3) is 0 Å². The molecular formula is C23H33N5O5S. The number of amides is 3. The molecule has 2 aliphatic rings. The fourth-order valence-corrected chi connectivity index (χ4v) is 4.46. The number of ether oxygens (including phenoxy) is 1. The van der Waals surface area contributed by atoms with E-state index in [1.54, 1.807) is 0 Å². The number of epoxide rings is 1. The van der Waals surface area contributed by atoms with E-state index in [-0.39, 0.29) is 37.7 Å². The summed E-state index contributed by atoms with van der Waals surface area (Å²) in [6, 6.07) is 8.38. The monoisotopic (exact) mass is 491 g/mol. The first kappa shape index (κ1) is 26.1. The van der Waals surface area contributed by atoms with Gasteiger partial charge in [0.25, 0.3) is 0 Å². The highest BCUT2D eigenvalue weighted by Gasteiger charge is 2.49. The molecule has 2 saturated heterocycles. The number of ketones is 1. The number of Topliss-reactive ketones (excluding diaryl/α,β-unsaturated/α-hetero) is 1. The van der Waals surface area contributed by atoms with E-state index >= 15 is 0 Å². The predicted molar refractivity (Wildman–Crippen MR) is 129 cm³/mol. The molecule has 1 aromatic carbocycles. The molecule has 4 N–H and O–H groups in total. The summed E-state index contributed by atoms with van der Waals surface area (Å²) in [6.07, 6.45) is 0.807. The van der Waals surface area contributed by atoms with Crippen LogP contribution in [-0.2, 0) is 30.3 Å². The summed E-state index contributed by atoms with van der Waals surface area (Å²) in [6.45, 7) is 3.63. The van der Waals surface area contributed by atoms with E-state index in [0.29, 0.717) is 13.0 Å². The Morgan fingerprint density at radius 2 is 1.74 bits per heavy atom. The van der Waals surface area contributed by atoms with Gasteiger partial charge in [-0.15, -0.1) is 0 Å². The van der Waals surface area contributed by atoms with Crippen LogP contribution in [-0.4, -0.2) is 91.0 Å². The second-order valence-corrected chi connectivity index (χ2v) is 9.52. The first-order valence-electron chi connectivity index (χ1n) is 11.5. The number of hydrogen-bond acceptors (Lipinski definition) is 8. The van der Waals surface area contributed by atoms with Gasteiger partial charge in [-0.2, -0.15) is 11.8 Å². The van der Waals surface area contributed by atoms with Gasteiger partial charge in [0.05, 0.1) is 26.2 Å². The van der Waals surface area contributed by atoms with Crippen LogP contribution in [0.2, 0.25) is 0 Å². The van der Waals surface area contributed by atoms with Crippen molar-refractivity contribution in [3.05, 3.63) is 35.9 Å². The molecule has 2 aliphatic heterocycles. The molecule has 3 amide bonds. The minimum atomic E-state index is -0.888. The Labute approximate surface area is 203 Å². The smallest absolute Gasteiger partial charge is 0.243 e. The first-order valence-corrected chi connectivity index (χ1v) is 12.7. The Kier molecular flexibility index (Phi) is 9.87. The third-order valence-corrected chi connectivity index (χ3v) is 6.79. The van der Waals surface area contributed by atoms with Crippen molar-refractivity contribution < 1.29 is 23.9 Å². The number of carbonyl (C=O) groups excluding carboxylic acids is 4. The van der Waals surface area contributed by atoms with Gasteiger partial charge in [0, 0.05) is 31.0 Å². The zero-order chi connectivity index (χ0) is 24.4. The predicted octanol–water partition coefficient (Wildman–Crippen LogP) is -0.752. The second-order valence-electron chi connectivity index (χ2n) is 8.30. The van der Waals surface area contributed by atoms with E-state index in [1.165, 1.54) is 0 Å². The van der Waals surface area contributed by atoms with Crippen LogP contribution in [0.5, 0.6) is 0 Å². The molecule has 0 aromatic heterocycles. The fourth-order valence-electron chi connectivity index (χ4n) is 3.55. The number of carbonyl (C=O) groups is 4. The van der Waals surface area contributed by atoms with Crippen LogP contribution in [0.3, 0.4) is 0 Å². The number of nitrogens with zero attached hydrogens (tertiary/aromatic N) is 1. The molecule has 2 fully saturated rings. The van der Waals surface area contributed by atoms with E-state index in [0.717, 1.165) is 30.2 Å². The van der Waals surface area contributed by atoms with Crippen LogP contribution in [0, 0.1) is 0 Å². The molecule has 34 heavy (non-hydrogen) atoms. The van der Waals surface area contributed by atoms with Crippen molar-refractivity contribution in [2.24, 2.45) is 0 Å². The standard InChI is InChI=1S/C23H33N5O5S/c1-2-23(16-33-23)19(29)13-25-22(32)18(12-17-6-4-3-5-7-17)27-21(31)14-24-20(30)15-26-28-8-10-34-11-9-28/h3-7,18,26H,2,8-16H2,1H3,(H,24,30)(H,25,32)(H,27,31)/t18-,23+/m0/s1. The zero-order valence-corrected chi connectivity index (χ0v) is 20.2. The largest absolute Gasteiger partial charge is 0.361 e. The Bertz CT molecular complexity index is 859. The molecule has 1 aromatic rings. The molecule has 2 atom stereocenters. The van der Waals surface area contributed by atoms with Crippen molar-refractivity contribution >= 4 is 35.3 Å². The maximum atomic E-state index is 12.8. The summed E-state index contributed by atoms with van der Waals surface area (Å²) in [5.41, 5.74) is 3.13. The van der Waals surface area contributed by atoms with Gasteiger partial charge in [-0.3, -0.25) is 19.2 Å². The van der Waals surface area contributed by atoms with Gasteiger partial charge in [0.15, 0.2) is 11.4 Å². The lowest BCUT2D eigenvalue weighted by molar-refractivity contribution is -0.131. The van der Waals surface area contributed by atoms with Crippen LogP contribution >= 0.6 is 11.8 Å². The quantitative estimate of drug-likeness (QED) is 0.265. The summed E-state index contributed by atoms with van der Waals surface area (Å²) >= 11 is 1.87. The summed E-state index contributed by atoms with van der Waals surface area (Å²) in [5, 5.41) is 9.86. The first-order chi connectivity index (χ1) is 16.4. The average molecular weight is 492 g/mol. The van der Waals surface area contributed by atoms with Crippen molar-refractivity contribution in [2.45, 2.75) is 31.4 Å². The maximum Gasteiger partial charge on any atom is 0.243 e.